The molecule has 1 heterocycles. The molecule has 2 nitrogen and oxygen atoms in total. The van der Waals surface area contributed by atoms with Crippen molar-refractivity contribution < 1.29 is 4.42 Å². The topological polar surface area (TPSA) is 16.4 Å². The van der Waals surface area contributed by atoms with Gasteiger partial charge >= 0.3 is 0 Å². The van der Waals surface area contributed by atoms with Crippen molar-refractivity contribution in [1.29, 1.82) is 0 Å². The molecule has 1 aromatic heterocycles. The van der Waals surface area contributed by atoms with Crippen molar-refractivity contribution in [2.75, 3.05) is 4.90 Å². The fourth-order valence-corrected chi connectivity index (χ4v) is 9.28. The summed E-state index contributed by atoms with van der Waals surface area (Å²) in [7, 11) is 0. The SMILES string of the molecule is Cc1ccc(N(c2cc3c(c4ccccc24)-c2c(ccc4ccccc24)C3(c2ccccc2)c2ccccc2)c2cccc3c2oc2ccccc23)cc1. The smallest absolute Gasteiger partial charge is 0.159 e. The van der Waals surface area contributed by atoms with Crippen LogP contribution < -0.4 is 4.90 Å². The highest BCUT2D eigenvalue weighted by molar-refractivity contribution is 6.17. The van der Waals surface area contributed by atoms with Crippen LogP contribution >= 0.6 is 0 Å². The highest BCUT2D eigenvalue weighted by atomic mass is 16.3. The molecular weight excluding hydrogens is 655 g/mol. The van der Waals surface area contributed by atoms with Crippen LogP contribution in [0.1, 0.15) is 27.8 Å². The second-order valence-electron chi connectivity index (χ2n) is 14.5. The van der Waals surface area contributed by atoms with Crippen LogP contribution in [0.25, 0.3) is 54.6 Å². The van der Waals surface area contributed by atoms with E-state index in [1.807, 2.05) is 6.07 Å². The molecule has 0 atom stereocenters. The van der Waals surface area contributed by atoms with Crippen molar-refractivity contribution >= 4 is 60.5 Å². The number of furan rings is 1. The predicted octanol–water partition coefficient (Wildman–Crippen LogP) is 14.0. The number of hydrogen-bond acceptors (Lipinski definition) is 2. The molecule has 0 saturated carbocycles. The number of benzene rings is 9. The first-order valence-electron chi connectivity index (χ1n) is 18.7. The van der Waals surface area contributed by atoms with Gasteiger partial charge in [0.1, 0.15) is 5.58 Å². The molecule has 0 radical (unpaired) electrons. The maximum absolute atomic E-state index is 6.77. The van der Waals surface area contributed by atoms with E-state index >= 15 is 0 Å². The molecule has 2 heteroatoms. The van der Waals surface area contributed by atoms with E-state index in [1.165, 1.54) is 60.5 Å². The number of para-hydroxylation sites is 2. The van der Waals surface area contributed by atoms with Crippen LogP contribution in [0, 0.1) is 6.92 Å². The summed E-state index contributed by atoms with van der Waals surface area (Å²) in [6, 6.07) is 71.0. The van der Waals surface area contributed by atoms with Crippen LogP contribution in [0.15, 0.2) is 199 Å². The van der Waals surface area contributed by atoms with Crippen LogP contribution in [0.3, 0.4) is 0 Å². The van der Waals surface area contributed by atoms with E-state index < -0.39 is 5.41 Å². The Hall–Kier alpha value is -6.90. The van der Waals surface area contributed by atoms with Gasteiger partial charge in [-0.2, -0.15) is 0 Å². The van der Waals surface area contributed by atoms with Crippen molar-refractivity contribution in [3.8, 4) is 11.1 Å². The maximum Gasteiger partial charge on any atom is 0.159 e. The van der Waals surface area contributed by atoms with Crippen LogP contribution in [0.2, 0.25) is 0 Å². The molecule has 54 heavy (non-hydrogen) atoms. The quantitative estimate of drug-likeness (QED) is 0.179. The number of anilines is 3. The number of aryl methyl sites for hydroxylation is 1. The summed E-state index contributed by atoms with van der Waals surface area (Å²) in [5, 5.41) is 7.14. The first kappa shape index (κ1) is 30.7. The summed E-state index contributed by atoms with van der Waals surface area (Å²) in [6.45, 7) is 2.15. The molecule has 10 aromatic rings. The molecule has 0 unspecified atom stereocenters. The molecule has 0 aliphatic heterocycles. The lowest BCUT2D eigenvalue weighted by Crippen LogP contribution is -2.28. The fourth-order valence-electron chi connectivity index (χ4n) is 9.28. The zero-order valence-corrected chi connectivity index (χ0v) is 29.8. The summed E-state index contributed by atoms with van der Waals surface area (Å²) in [5.74, 6) is 0. The number of hydrogen-bond donors (Lipinski definition) is 0. The van der Waals surface area contributed by atoms with E-state index in [1.54, 1.807) is 0 Å². The minimum Gasteiger partial charge on any atom is -0.454 e. The number of nitrogens with zero attached hydrogens (tertiary/aromatic N) is 1. The van der Waals surface area contributed by atoms with Gasteiger partial charge in [-0.15, -0.1) is 0 Å². The normalized spacial score (nSPS) is 13.1. The highest BCUT2D eigenvalue weighted by Gasteiger charge is 2.48. The van der Waals surface area contributed by atoms with Gasteiger partial charge in [0.15, 0.2) is 5.58 Å². The van der Waals surface area contributed by atoms with Crippen molar-refractivity contribution in [3.63, 3.8) is 0 Å². The number of rotatable bonds is 5. The van der Waals surface area contributed by atoms with Crippen LogP contribution in [-0.4, -0.2) is 0 Å². The van der Waals surface area contributed by atoms with E-state index in [0.717, 1.165) is 39.0 Å². The van der Waals surface area contributed by atoms with Crippen molar-refractivity contribution in [2.45, 2.75) is 12.3 Å². The predicted molar refractivity (Wildman–Crippen MR) is 225 cm³/mol. The highest BCUT2D eigenvalue weighted by Crippen LogP contribution is 2.61. The van der Waals surface area contributed by atoms with E-state index in [0.29, 0.717) is 0 Å². The first-order valence-corrected chi connectivity index (χ1v) is 18.7. The fraction of sp³-hybridized carbons (Fsp3) is 0.0385. The Labute approximate surface area is 314 Å². The molecule has 0 spiro atoms. The summed E-state index contributed by atoms with van der Waals surface area (Å²) < 4.78 is 6.77. The third kappa shape index (κ3) is 4.28. The molecule has 9 aromatic carbocycles. The molecule has 0 fully saturated rings. The average molecular weight is 690 g/mol. The van der Waals surface area contributed by atoms with Crippen LogP contribution in [0.5, 0.6) is 0 Å². The third-order valence-electron chi connectivity index (χ3n) is 11.6. The molecule has 0 bridgehead atoms. The van der Waals surface area contributed by atoms with E-state index in [-0.39, 0.29) is 0 Å². The largest absolute Gasteiger partial charge is 0.454 e. The van der Waals surface area contributed by atoms with Crippen LogP contribution in [-0.2, 0) is 5.41 Å². The average Bonchev–Trinajstić information content (AvgIpc) is 3.77. The molecule has 0 saturated heterocycles. The van der Waals surface area contributed by atoms with Gasteiger partial charge in [-0.05, 0) is 86.8 Å². The van der Waals surface area contributed by atoms with Crippen molar-refractivity contribution in [2.24, 2.45) is 0 Å². The Bertz CT molecular complexity index is 3010. The summed E-state index contributed by atoms with van der Waals surface area (Å²) in [6.07, 6.45) is 0. The van der Waals surface area contributed by atoms with E-state index in [2.05, 4.69) is 200 Å². The Balaban J connectivity index is 1.33. The van der Waals surface area contributed by atoms with Crippen molar-refractivity contribution in [1.82, 2.24) is 0 Å². The minimum absolute atomic E-state index is 0.583. The van der Waals surface area contributed by atoms with Gasteiger partial charge in [0.25, 0.3) is 0 Å². The molecular formula is C52H35NO. The Morgan fingerprint density at radius 3 is 1.76 bits per heavy atom. The second kappa shape index (κ2) is 11.8. The van der Waals surface area contributed by atoms with E-state index in [4.69, 9.17) is 4.42 Å². The maximum atomic E-state index is 6.77. The lowest BCUT2D eigenvalue weighted by Gasteiger charge is -2.35. The van der Waals surface area contributed by atoms with Gasteiger partial charge in [0.2, 0.25) is 0 Å². The molecule has 0 amide bonds. The van der Waals surface area contributed by atoms with Crippen LogP contribution in [0.4, 0.5) is 17.1 Å². The molecule has 0 N–H and O–H groups in total. The number of fused-ring (bicyclic) bond motifs is 10. The van der Waals surface area contributed by atoms with Gasteiger partial charge in [-0.25, -0.2) is 0 Å². The van der Waals surface area contributed by atoms with Gasteiger partial charge in [-0.1, -0.05) is 169 Å². The molecule has 1 aliphatic rings. The van der Waals surface area contributed by atoms with Gasteiger partial charge < -0.3 is 9.32 Å². The lowest BCUT2D eigenvalue weighted by molar-refractivity contribution is 0.669. The first-order chi connectivity index (χ1) is 26.7. The van der Waals surface area contributed by atoms with E-state index in [9.17, 15) is 0 Å². The summed E-state index contributed by atoms with van der Waals surface area (Å²) in [5.41, 5.74) is 13.2. The zero-order chi connectivity index (χ0) is 35.8. The zero-order valence-electron chi connectivity index (χ0n) is 29.8. The monoisotopic (exact) mass is 689 g/mol. The Morgan fingerprint density at radius 2 is 1.02 bits per heavy atom. The Morgan fingerprint density at radius 1 is 0.426 bits per heavy atom. The molecule has 254 valence electrons. The third-order valence-corrected chi connectivity index (χ3v) is 11.6. The molecule has 11 rings (SSSR count). The summed E-state index contributed by atoms with van der Waals surface area (Å²) >= 11 is 0. The molecule has 1 aliphatic carbocycles. The Kier molecular flexibility index (Phi) is 6.72. The second-order valence-corrected chi connectivity index (χ2v) is 14.5. The van der Waals surface area contributed by atoms with Gasteiger partial charge in [0.05, 0.1) is 16.8 Å². The van der Waals surface area contributed by atoms with Gasteiger partial charge in [-0.3, -0.25) is 0 Å². The standard InChI is InChI=1S/C52H35NO/c1-34-27-30-38(31-28-34)53(46-25-14-24-43-41-22-12-13-26-48(41)54-51(43)46)47-33-45-50(42-23-11-10-21-40(42)47)49-39-20-9-8-15-35(39)29-32-44(49)52(45,36-16-4-2-5-17-36)37-18-6-3-7-19-37/h2-33H,1H3. The lowest BCUT2D eigenvalue weighted by atomic mass is 9.67. The van der Waals surface area contributed by atoms with Crippen molar-refractivity contribution in [3.05, 3.63) is 222 Å². The summed E-state index contributed by atoms with van der Waals surface area (Å²) in [4.78, 5) is 2.43. The minimum atomic E-state index is -0.583. The van der Waals surface area contributed by atoms with Gasteiger partial charge in [0, 0.05) is 21.8 Å².